The molecule has 4 heteroatoms. The Kier molecular flexibility index (Phi) is 2.08. The fraction of sp³-hybridized carbons (Fsp3) is 0.0769. The number of nitrogens with one attached hydrogen (secondary N) is 1. The Morgan fingerprint density at radius 2 is 2.00 bits per heavy atom. The number of benzene rings is 1. The Hall–Kier alpha value is -2.36. The van der Waals surface area contributed by atoms with E-state index in [1.807, 2.05) is 54.2 Å². The molecule has 0 radical (unpaired) electrons. The van der Waals surface area contributed by atoms with Crippen LogP contribution in [0.5, 0.6) is 0 Å². The third-order valence-electron chi connectivity index (χ3n) is 2.79. The van der Waals surface area contributed by atoms with Gasteiger partial charge in [0.15, 0.2) is 5.69 Å². The molecule has 4 nitrogen and oxygen atoms in total. The summed E-state index contributed by atoms with van der Waals surface area (Å²) in [4.78, 5) is 19.2. The summed E-state index contributed by atoms with van der Waals surface area (Å²) >= 11 is 0. The SMILES string of the molecule is Cn1cccc1-c1nc2ccccc2[nH]c1=O. The van der Waals surface area contributed by atoms with Gasteiger partial charge in [0.1, 0.15) is 0 Å². The number of hydrogen-bond donors (Lipinski definition) is 1. The second-order valence-electron chi connectivity index (χ2n) is 3.94. The van der Waals surface area contributed by atoms with E-state index in [0.717, 1.165) is 16.7 Å². The Morgan fingerprint density at radius 1 is 1.18 bits per heavy atom. The van der Waals surface area contributed by atoms with Crippen molar-refractivity contribution in [1.82, 2.24) is 14.5 Å². The van der Waals surface area contributed by atoms with Crippen LogP contribution in [-0.2, 0) is 7.05 Å². The van der Waals surface area contributed by atoms with Crippen LogP contribution in [0.3, 0.4) is 0 Å². The van der Waals surface area contributed by atoms with Crippen LogP contribution >= 0.6 is 0 Å². The van der Waals surface area contributed by atoms with Gasteiger partial charge in [0.05, 0.1) is 16.7 Å². The van der Waals surface area contributed by atoms with Gasteiger partial charge in [-0.3, -0.25) is 4.79 Å². The zero-order valence-corrected chi connectivity index (χ0v) is 9.34. The van der Waals surface area contributed by atoms with Gasteiger partial charge in [0, 0.05) is 13.2 Å². The molecule has 0 amide bonds. The smallest absolute Gasteiger partial charge is 0.276 e. The number of fused-ring (bicyclic) bond motifs is 1. The normalized spacial score (nSPS) is 10.9. The van der Waals surface area contributed by atoms with E-state index < -0.39 is 0 Å². The topological polar surface area (TPSA) is 50.7 Å². The summed E-state index contributed by atoms with van der Waals surface area (Å²) in [5.74, 6) is 0. The number of aromatic amines is 1. The number of nitrogens with zero attached hydrogens (tertiary/aromatic N) is 2. The summed E-state index contributed by atoms with van der Waals surface area (Å²) in [5, 5.41) is 0. The molecule has 17 heavy (non-hydrogen) atoms. The van der Waals surface area contributed by atoms with E-state index in [2.05, 4.69) is 9.97 Å². The molecule has 0 aliphatic rings. The first kappa shape index (κ1) is 9.84. The van der Waals surface area contributed by atoms with E-state index >= 15 is 0 Å². The first-order chi connectivity index (χ1) is 8.25. The van der Waals surface area contributed by atoms with Crippen LogP contribution in [0.4, 0.5) is 0 Å². The van der Waals surface area contributed by atoms with E-state index in [1.165, 1.54) is 0 Å². The molecular weight excluding hydrogens is 214 g/mol. The highest BCUT2D eigenvalue weighted by Gasteiger charge is 2.09. The summed E-state index contributed by atoms with van der Waals surface area (Å²) in [6.07, 6.45) is 1.89. The highest BCUT2D eigenvalue weighted by molar-refractivity contribution is 5.76. The molecule has 0 saturated heterocycles. The molecule has 0 atom stereocenters. The summed E-state index contributed by atoms with van der Waals surface area (Å²) in [5.41, 5.74) is 2.66. The van der Waals surface area contributed by atoms with Crippen LogP contribution in [0.25, 0.3) is 22.4 Å². The van der Waals surface area contributed by atoms with Crippen LogP contribution in [-0.4, -0.2) is 14.5 Å². The Morgan fingerprint density at radius 3 is 2.76 bits per heavy atom. The number of H-pyrrole nitrogens is 1. The first-order valence-electron chi connectivity index (χ1n) is 5.36. The van der Waals surface area contributed by atoms with Gasteiger partial charge in [-0.1, -0.05) is 12.1 Å². The molecule has 1 aromatic carbocycles. The van der Waals surface area contributed by atoms with E-state index in [1.54, 1.807) is 0 Å². The number of para-hydroxylation sites is 2. The van der Waals surface area contributed by atoms with E-state index in [0.29, 0.717) is 5.69 Å². The quantitative estimate of drug-likeness (QED) is 0.688. The van der Waals surface area contributed by atoms with Crippen molar-refractivity contribution in [3.8, 4) is 11.4 Å². The van der Waals surface area contributed by atoms with E-state index in [9.17, 15) is 4.79 Å². The minimum absolute atomic E-state index is 0.162. The maximum Gasteiger partial charge on any atom is 0.276 e. The molecule has 84 valence electrons. The van der Waals surface area contributed by atoms with Crippen LogP contribution in [0.1, 0.15) is 0 Å². The molecular formula is C13H11N3O. The average Bonchev–Trinajstić information content (AvgIpc) is 2.74. The van der Waals surface area contributed by atoms with Crippen molar-refractivity contribution >= 4 is 11.0 Å². The maximum absolute atomic E-state index is 12.0. The number of aromatic nitrogens is 3. The van der Waals surface area contributed by atoms with Gasteiger partial charge in [0.2, 0.25) is 0 Å². The van der Waals surface area contributed by atoms with E-state index in [-0.39, 0.29) is 5.56 Å². The van der Waals surface area contributed by atoms with Gasteiger partial charge in [-0.05, 0) is 24.3 Å². The van der Waals surface area contributed by atoms with Crippen molar-refractivity contribution in [3.63, 3.8) is 0 Å². The molecule has 0 saturated carbocycles. The lowest BCUT2D eigenvalue weighted by atomic mass is 10.2. The summed E-state index contributed by atoms with van der Waals surface area (Å²) in [6, 6.07) is 11.3. The van der Waals surface area contributed by atoms with Gasteiger partial charge >= 0.3 is 0 Å². The molecule has 0 unspecified atom stereocenters. The largest absolute Gasteiger partial charge is 0.349 e. The molecule has 0 aliphatic heterocycles. The van der Waals surface area contributed by atoms with Crippen molar-refractivity contribution in [2.45, 2.75) is 0 Å². The Bertz CT molecular complexity index is 740. The van der Waals surface area contributed by atoms with Crippen molar-refractivity contribution < 1.29 is 0 Å². The summed E-state index contributed by atoms with van der Waals surface area (Å²) in [7, 11) is 1.89. The molecule has 0 bridgehead atoms. The van der Waals surface area contributed by atoms with Crippen molar-refractivity contribution in [3.05, 3.63) is 52.9 Å². The second kappa shape index (κ2) is 3.59. The van der Waals surface area contributed by atoms with E-state index in [4.69, 9.17) is 0 Å². The maximum atomic E-state index is 12.0. The highest BCUT2D eigenvalue weighted by Crippen LogP contribution is 2.15. The highest BCUT2D eigenvalue weighted by atomic mass is 16.1. The van der Waals surface area contributed by atoms with Crippen molar-refractivity contribution in [1.29, 1.82) is 0 Å². The van der Waals surface area contributed by atoms with Gasteiger partial charge in [-0.2, -0.15) is 0 Å². The van der Waals surface area contributed by atoms with Crippen molar-refractivity contribution in [2.24, 2.45) is 7.05 Å². The zero-order valence-electron chi connectivity index (χ0n) is 9.34. The first-order valence-corrected chi connectivity index (χ1v) is 5.36. The molecule has 2 aromatic heterocycles. The molecule has 0 fully saturated rings. The third-order valence-corrected chi connectivity index (χ3v) is 2.79. The number of aryl methyl sites for hydroxylation is 1. The number of rotatable bonds is 1. The molecule has 3 rings (SSSR count). The Balaban J connectivity index is 2.34. The van der Waals surface area contributed by atoms with Crippen LogP contribution in [0, 0.1) is 0 Å². The summed E-state index contributed by atoms with van der Waals surface area (Å²) in [6.45, 7) is 0. The van der Waals surface area contributed by atoms with Crippen LogP contribution in [0.15, 0.2) is 47.4 Å². The Labute approximate surface area is 97.6 Å². The van der Waals surface area contributed by atoms with Crippen LogP contribution in [0.2, 0.25) is 0 Å². The lowest BCUT2D eigenvalue weighted by Gasteiger charge is -2.03. The minimum atomic E-state index is -0.162. The molecule has 0 spiro atoms. The lowest BCUT2D eigenvalue weighted by Crippen LogP contribution is -2.12. The summed E-state index contributed by atoms with van der Waals surface area (Å²) < 4.78 is 1.88. The predicted octanol–water partition coefficient (Wildman–Crippen LogP) is 1.93. The minimum Gasteiger partial charge on any atom is -0.349 e. The zero-order chi connectivity index (χ0) is 11.8. The molecule has 3 aromatic rings. The second-order valence-corrected chi connectivity index (χ2v) is 3.94. The lowest BCUT2D eigenvalue weighted by molar-refractivity contribution is 0.928. The standard InChI is InChI=1S/C13H11N3O/c1-16-8-4-7-11(16)12-13(17)15-10-6-3-2-5-9(10)14-12/h2-8H,1H3,(H,15,17). The fourth-order valence-corrected chi connectivity index (χ4v) is 1.91. The molecule has 2 heterocycles. The fourth-order valence-electron chi connectivity index (χ4n) is 1.91. The molecule has 0 aliphatic carbocycles. The van der Waals surface area contributed by atoms with Crippen molar-refractivity contribution in [2.75, 3.05) is 0 Å². The average molecular weight is 225 g/mol. The third kappa shape index (κ3) is 1.54. The van der Waals surface area contributed by atoms with Gasteiger partial charge < -0.3 is 9.55 Å². The molecule has 1 N–H and O–H groups in total. The van der Waals surface area contributed by atoms with Gasteiger partial charge in [-0.25, -0.2) is 4.98 Å². The van der Waals surface area contributed by atoms with Crippen LogP contribution < -0.4 is 5.56 Å². The predicted molar refractivity (Wildman–Crippen MR) is 66.8 cm³/mol. The number of hydrogen-bond acceptors (Lipinski definition) is 2. The monoisotopic (exact) mass is 225 g/mol. The van der Waals surface area contributed by atoms with Gasteiger partial charge in [0.25, 0.3) is 5.56 Å². The van der Waals surface area contributed by atoms with Gasteiger partial charge in [-0.15, -0.1) is 0 Å².